The van der Waals surface area contributed by atoms with Crippen LogP contribution in [0.1, 0.15) is 0 Å². The predicted molar refractivity (Wildman–Crippen MR) is 82.7 cm³/mol. The molecule has 1 aliphatic rings. The van der Waals surface area contributed by atoms with E-state index in [0.717, 1.165) is 22.7 Å². The van der Waals surface area contributed by atoms with Crippen LogP contribution in [0.2, 0.25) is 0 Å². The van der Waals surface area contributed by atoms with Gasteiger partial charge >= 0.3 is 6.03 Å². The maximum atomic E-state index is 12.0. The van der Waals surface area contributed by atoms with Gasteiger partial charge in [-0.25, -0.2) is 21.6 Å². The number of thioether (sulfide) groups is 1. The predicted octanol–water partition coefficient (Wildman–Crippen LogP) is -1.96. The fraction of sp³-hybridized carbons (Fsp3) is 0.875. The van der Waals surface area contributed by atoms with Gasteiger partial charge in [0.15, 0.2) is 5.50 Å². The highest BCUT2D eigenvalue weighted by atomic mass is 32.2. The van der Waals surface area contributed by atoms with Gasteiger partial charge in [-0.15, -0.1) is 19.9 Å². The van der Waals surface area contributed by atoms with E-state index in [1.807, 2.05) is 0 Å². The summed E-state index contributed by atoms with van der Waals surface area (Å²) >= 11 is 1.17. The van der Waals surface area contributed by atoms with Crippen LogP contribution < -0.4 is 9.66 Å². The van der Waals surface area contributed by atoms with Gasteiger partial charge in [0.2, 0.25) is 20.0 Å². The zero-order valence-electron chi connectivity index (χ0n) is 12.8. The Labute approximate surface area is 134 Å². The van der Waals surface area contributed by atoms with Crippen LogP contribution >= 0.6 is 11.8 Å². The van der Waals surface area contributed by atoms with Crippen molar-refractivity contribution in [1.82, 2.24) is 29.7 Å². The summed E-state index contributed by atoms with van der Waals surface area (Å²) in [6, 6.07) is -0.362. The molecule has 130 valence electrons. The molecule has 0 aliphatic carbocycles. The summed E-state index contributed by atoms with van der Waals surface area (Å²) in [6.07, 6.45) is 1.87. The lowest BCUT2D eigenvalue weighted by Gasteiger charge is -2.34. The minimum Gasteiger partial charge on any atom is -0.331 e. The maximum Gasteiger partial charge on any atom is 0.321 e. The smallest absolute Gasteiger partial charge is 0.321 e. The number of hydrogen-bond acceptors (Lipinski definition) is 8. The zero-order chi connectivity index (χ0) is 17.3. The summed E-state index contributed by atoms with van der Waals surface area (Å²) in [4.78, 5) is 19.0. The zero-order valence-corrected chi connectivity index (χ0v) is 15.3. The van der Waals surface area contributed by atoms with E-state index in [2.05, 4.69) is 9.66 Å². The fourth-order valence-electron chi connectivity index (χ4n) is 1.60. The van der Waals surface area contributed by atoms with E-state index in [1.165, 1.54) is 28.6 Å². The molecule has 0 aromatic carbocycles. The van der Waals surface area contributed by atoms with Crippen LogP contribution in [-0.4, -0.2) is 87.9 Å². The molecule has 0 radical (unpaired) electrons. The van der Waals surface area contributed by atoms with Gasteiger partial charge in [0.05, 0.1) is 18.4 Å². The van der Waals surface area contributed by atoms with Crippen molar-refractivity contribution < 1.29 is 21.6 Å². The fourth-order valence-corrected chi connectivity index (χ4v) is 3.91. The summed E-state index contributed by atoms with van der Waals surface area (Å²) in [6.45, 7) is 0. The highest BCUT2D eigenvalue weighted by molar-refractivity contribution is 8.00. The number of urea groups is 1. The lowest BCUT2D eigenvalue weighted by molar-refractivity contribution is -0.0729. The molecule has 2 amide bonds. The Morgan fingerprint density at radius 1 is 1.09 bits per heavy atom. The second-order valence-electron chi connectivity index (χ2n) is 4.88. The highest BCUT2D eigenvalue weighted by Gasteiger charge is 2.40. The molecule has 2 N–H and O–H groups in total. The summed E-state index contributed by atoms with van der Waals surface area (Å²) in [7, 11) is -2.69. The molecule has 14 heteroatoms. The third-order valence-corrected chi connectivity index (χ3v) is 4.63. The number of rotatable bonds is 5. The average Bonchev–Trinajstić information content (AvgIpc) is 2.66. The maximum absolute atomic E-state index is 12.0. The molecule has 1 aliphatic heterocycles. The molecule has 1 unspecified atom stereocenters. The van der Waals surface area contributed by atoms with Crippen LogP contribution in [0.15, 0.2) is 0 Å². The van der Waals surface area contributed by atoms with Gasteiger partial charge < -0.3 is 9.80 Å². The van der Waals surface area contributed by atoms with Gasteiger partial charge in [0, 0.05) is 21.1 Å². The van der Waals surface area contributed by atoms with Crippen molar-refractivity contribution >= 4 is 37.8 Å². The Hall–Kier alpha value is -0.640. The Bertz CT molecular complexity index is 620. The first-order valence-electron chi connectivity index (χ1n) is 5.89. The third kappa shape index (κ3) is 5.53. The van der Waals surface area contributed by atoms with Crippen molar-refractivity contribution in [2.75, 3.05) is 39.5 Å². The van der Waals surface area contributed by atoms with Crippen LogP contribution in [0.4, 0.5) is 4.79 Å². The van der Waals surface area contributed by atoms with Gasteiger partial charge in [0.25, 0.3) is 0 Å². The van der Waals surface area contributed by atoms with E-state index in [0.29, 0.717) is 0 Å². The molecule has 0 aromatic heterocycles. The molecule has 1 heterocycles. The van der Waals surface area contributed by atoms with Crippen molar-refractivity contribution in [3.8, 4) is 0 Å². The monoisotopic (exact) mass is 376 g/mol. The number of sulfonamides is 2. The molecule has 22 heavy (non-hydrogen) atoms. The molecule has 1 atom stereocenters. The largest absolute Gasteiger partial charge is 0.331 e. The molecule has 11 nitrogen and oxygen atoms in total. The number of nitrogens with zero attached hydrogens (tertiary/aromatic N) is 4. The number of hydrogen-bond donors (Lipinski definition) is 2. The number of amides is 2. The molecular weight excluding hydrogens is 356 g/mol. The number of nitrogens with one attached hydrogen (secondary N) is 2. The van der Waals surface area contributed by atoms with Gasteiger partial charge in [-0.1, -0.05) is 11.8 Å². The summed E-state index contributed by atoms with van der Waals surface area (Å²) < 4.78 is 45.7. The summed E-state index contributed by atoms with van der Waals surface area (Å²) in [5, 5.41) is 2.12. The van der Waals surface area contributed by atoms with Gasteiger partial charge in [-0.05, 0) is 0 Å². The molecule has 0 bridgehead atoms. The van der Waals surface area contributed by atoms with Crippen molar-refractivity contribution in [2.24, 2.45) is 0 Å². The van der Waals surface area contributed by atoms with Crippen molar-refractivity contribution in [2.45, 2.75) is 5.50 Å². The third-order valence-electron chi connectivity index (χ3n) is 2.36. The van der Waals surface area contributed by atoms with Crippen LogP contribution in [0.5, 0.6) is 0 Å². The normalized spacial score (nSPS) is 21.0. The Kier molecular flexibility index (Phi) is 6.05. The van der Waals surface area contributed by atoms with Crippen LogP contribution in [0.25, 0.3) is 0 Å². The molecule has 0 aromatic rings. The minimum atomic E-state index is -3.67. The summed E-state index contributed by atoms with van der Waals surface area (Å²) in [5.74, 6) is 0.116. The molecule has 0 saturated carbocycles. The molecule has 1 fully saturated rings. The molecule has 1 saturated heterocycles. The lowest BCUT2D eigenvalue weighted by atomic mass is 10.7. The van der Waals surface area contributed by atoms with Crippen LogP contribution in [0, 0.1) is 0 Å². The average molecular weight is 376 g/mol. The number of hydrazine groups is 3. The lowest BCUT2D eigenvalue weighted by Crippen LogP contribution is -2.61. The first-order valence-corrected chi connectivity index (χ1v) is 10.7. The topological polar surface area (TPSA) is 122 Å². The van der Waals surface area contributed by atoms with Crippen molar-refractivity contribution in [3.63, 3.8) is 0 Å². The molecule has 0 spiro atoms. The van der Waals surface area contributed by atoms with E-state index < -0.39 is 25.5 Å². The standard InChI is InChI=1S/C8H20N6O5S3/c1-11(2)7(15)12(3)8-14(10-22(5,18)19)13(6-20-8)9-21(4,16)17/h8-10H,6H2,1-5H3. The number of carbonyl (C=O) groups excluding carboxylic acids is 1. The first kappa shape index (κ1) is 19.4. The molecule has 1 rings (SSSR count). The van der Waals surface area contributed by atoms with Crippen LogP contribution in [-0.2, 0) is 20.0 Å². The summed E-state index contributed by atoms with van der Waals surface area (Å²) in [5.41, 5.74) is -0.751. The first-order chi connectivity index (χ1) is 9.82. The van der Waals surface area contributed by atoms with E-state index in [1.54, 1.807) is 14.1 Å². The van der Waals surface area contributed by atoms with E-state index in [-0.39, 0.29) is 11.9 Å². The van der Waals surface area contributed by atoms with Crippen molar-refractivity contribution in [1.29, 1.82) is 0 Å². The van der Waals surface area contributed by atoms with Crippen molar-refractivity contribution in [3.05, 3.63) is 0 Å². The van der Waals surface area contributed by atoms with Gasteiger partial charge in [0.1, 0.15) is 0 Å². The Morgan fingerprint density at radius 3 is 2.00 bits per heavy atom. The number of carbonyl (C=O) groups is 1. The van der Waals surface area contributed by atoms with Gasteiger partial charge in [-0.2, -0.15) is 0 Å². The molecular formula is C8H20N6O5S3. The Balaban J connectivity index is 3.04. The van der Waals surface area contributed by atoms with Crippen LogP contribution in [0.3, 0.4) is 0 Å². The Morgan fingerprint density at radius 2 is 1.59 bits per heavy atom. The minimum absolute atomic E-state index is 0.116. The second kappa shape index (κ2) is 6.86. The van der Waals surface area contributed by atoms with E-state index in [4.69, 9.17) is 0 Å². The second-order valence-corrected chi connectivity index (χ2v) is 9.35. The highest BCUT2D eigenvalue weighted by Crippen LogP contribution is 2.28. The quantitative estimate of drug-likeness (QED) is 0.567. The van der Waals surface area contributed by atoms with Gasteiger partial charge in [-0.3, -0.25) is 0 Å². The van der Waals surface area contributed by atoms with E-state index >= 15 is 0 Å². The SMILES string of the molecule is CN(C)C(=O)N(C)C1SCN(NS(C)(=O)=O)N1NS(C)(=O)=O. The van der Waals surface area contributed by atoms with E-state index in [9.17, 15) is 21.6 Å².